The van der Waals surface area contributed by atoms with Crippen molar-refractivity contribution in [1.82, 2.24) is 5.32 Å². The van der Waals surface area contributed by atoms with Gasteiger partial charge >= 0.3 is 0 Å². The fraction of sp³-hybridized carbons (Fsp3) is 0.192. The Labute approximate surface area is 186 Å². The number of furan rings is 1. The summed E-state index contributed by atoms with van der Waals surface area (Å²) < 4.78 is 22.2. The number of rotatable bonds is 8. The van der Waals surface area contributed by atoms with Crippen LogP contribution in [0.1, 0.15) is 22.9 Å². The van der Waals surface area contributed by atoms with E-state index in [2.05, 4.69) is 5.32 Å². The molecule has 1 amide bonds. The summed E-state index contributed by atoms with van der Waals surface area (Å²) in [7, 11) is 4.65. The zero-order valence-corrected chi connectivity index (χ0v) is 18.3. The van der Waals surface area contributed by atoms with Crippen molar-refractivity contribution < 1.29 is 23.4 Å². The van der Waals surface area contributed by atoms with E-state index >= 15 is 0 Å². The van der Waals surface area contributed by atoms with Crippen molar-refractivity contribution in [2.24, 2.45) is 0 Å². The molecule has 1 aromatic heterocycles. The SMILES string of the molecule is COc1cc(CC(=O)N[C@@H](c2ccccc2)c2cc3ccccc3o2)cc(OC)c1OC. The van der Waals surface area contributed by atoms with Gasteiger partial charge in [-0.3, -0.25) is 4.79 Å². The molecule has 0 unspecified atom stereocenters. The fourth-order valence-electron chi connectivity index (χ4n) is 3.74. The van der Waals surface area contributed by atoms with Gasteiger partial charge in [-0.1, -0.05) is 48.5 Å². The third-order valence-corrected chi connectivity index (χ3v) is 5.26. The topological polar surface area (TPSA) is 69.9 Å². The van der Waals surface area contributed by atoms with Crippen LogP contribution in [0.15, 0.2) is 77.2 Å². The summed E-state index contributed by atoms with van der Waals surface area (Å²) in [4.78, 5) is 13.1. The molecular weight excluding hydrogens is 406 g/mol. The van der Waals surface area contributed by atoms with Crippen molar-refractivity contribution in [2.75, 3.05) is 21.3 Å². The zero-order chi connectivity index (χ0) is 22.5. The normalized spacial score (nSPS) is 11.7. The Bertz CT molecular complexity index is 1160. The van der Waals surface area contributed by atoms with Gasteiger partial charge in [0.2, 0.25) is 11.7 Å². The molecular formula is C26H25NO5. The van der Waals surface area contributed by atoms with Gasteiger partial charge in [0, 0.05) is 5.39 Å². The van der Waals surface area contributed by atoms with Crippen LogP contribution >= 0.6 is 0 Å². The van der Waals surface area contributed by atoms with Crippen LogP contribution < -0.4 is 19.5 Å². The third kappa shape index (κ3) is 4.39. The molecule has 0 bridgehead atoms. The van der Waals surface area contributed by atoms with Crippen LogP contribution in [0.4, 0.5) is 0 Å². The van der Waals surface area contributed by atoms with Crippen LogP contribution in [0.25, 0.3) is 11.0 Å². The number of fused-ring (bicyclic) bond motifs is 1. The first-order valence-electron chi connectivity index (χ1n) is 10.2. The predicted molar refractivity (Wildman–Crippen MR) is 122 cm³/mol. The minimum absolute atomic E-state index is 0.139. The summed E-state index contributed by atoms with van der Waals surface area (Å²) in [5.74, 6) is 2.02. The van der Waals surface area contributed by atoms with Crippen molar-refractivity contribution in [3.63, 3.8) is 0 Å². The third-order valence-electron chi connectivity index (χ3n) is 5.26. The van der Waals surface area contributed by atoms with Crippen LogP contribution in [-0.4, -0.2) is 27.2 Å². The standard InChI is InChI=1S/C26H25NO5/c1-29-22-13-17(14-23(30-2)26(22)31-3)15-24(28)27-25(18-9-5-4-6-10-18)21-16-19-11-7-8-12-20(19)32-21/h4-14,16,25H,15H2,1-3H3,(H,27,28)/t25-/m0/s1. The lowest BCUT2D eigenvalue weighted by molar-refractivity contribution is -0.121. The maximum atomic E-state index is 13.1. The summed E-state index contributed by atoms with van der Waals surface area (Å²) in [6.45, 7) is 0. The maximum absolute atomic E-state index is 13.1. The highest BCUT2D eigenvalue weighted by atomic mass is 16.5. The van der Waals surface area contributed by atoms with Crippen molar-refractivity contribution in [3.05, 3.63) is 89.7 Å². The number of ether oxygens (including phenoxy) is 3. The number of amides is 1. The number of carbonyl (C=O) groups excluding carboxylic acids is 1. The Morgan fingerprint density at radius 3 is 2.16 bits per heavy atom. The van der Waals surface area contributed by atoms with E-state index in [0.29, 0.717) is 23.0 Å². The van der Waals surface area contributed by atoms with E-state index in [4.69, 9.17) is 18.6 Å². The average Bonchev–Trinajstić information content (AvgIpc) is 3.26. The molecule has 164 valence electrons. The van der Waals surface area contributed by atoms with Gasteiger partial charge in [0.05, 0.1) is 27.8 Å². The summed E-state index contributed by atoms with van der Waals surface area (Å²) >= 11 is 0. The van der Waals surface area contributed by atoms with Gasteiger partial charge in [-0.15, -0.1) is 0 Å². The van der Waals surface area contributed by atoms with E-state index in [1.54, 1.807) is 33.5 Å². The summed E-state index contributed by atoms with van der Waals surface area (Å²) in [5.41, 5.74) is 2.46. The molecule has 6 heteroatoms. The van der Waals surface area contributed by atoms with Gasteiger partial charge in [0.1, 0.15) is 17.4 Å². The Hall–Kier alpha value is -3.93. The van der Waals surface area contributed by atoms with Crippen molar-refractivity contribution in [3.8, 4) is 17.2 Å². The van der Waals surface area contributed by atoms with Crippen LogP contribution in [-0.2, 0) is 11.2 Å². The van der Waals surface area contributed by atoms with Gasteiger partial charge < -0.3 is 23.9 Å². The summed E-state index contributed by atoms with van der Waals surface area (Å²) in [5, 5.41) is 4.11. The lowest BCUT2D eigenvalue weighted by atomic mass is 10.0. The van der Waals surface area contributed by atoms with Crippen LogP contribution in [0.5, 0.6) is 17.2 Å². The molecule has 32 heavy (non-hydrogen) atoms. The minimum Gasteiger partial charge on any atom is -0.493 e. The molecule has 0 spiro atoms. The molecule has 0 saturated carbocycles. The highest BCUT2D eigenvalue weighted by Gasteiger charge is 2.22. The number of carbonyl (C=O) groups is 1. The number of nitrogens with one attached hydrogen (secondary N) is 1. The van der Waals surface area contributed by atoms with E-state index in [1.807, 2.05) is 60.7 Å². The monoisotopic (exact) mass is 431 g/mol. The minimum atomic E-state index is -0.418. The number of hydrogen-bond donors (Lipinski definition) is 1. The van der Waals surface area contributed by atoms with Gasteiger partial charge in [-0.2, -0.15) is 0 Å². The van der Waals surface area contributed by atoms with Crippen molar-refractivity contribution in [2.45, 2.75) is 12.5 Å². The second kappa shape index (κ2) is 9.47. The Morgan fingerprint density at radius 1 is 0.875 bits per heavy atom. The fourth-order valence-corrected chi connectivity index (χ4v) is 3.74. The van der Waals surface area contributed by atoms with Crippen LogP contribution in [0.3, 0.4) is 0 Å². The molecule has 0 aliphatic rings. The Balaban J connectivity index is 1.62. The quantitative estimate of drug-likeness (QED) is 0.429. The molecule has 4 aromatic rings. The molecule has 1 atom stereocenters. The lowest BCUT2D eigenvalue weighted by Gasteiger charge is -2.18. The van der Waals surface area contributed by atoms with E-state index in [0.717, 1.165) is 22.1 Å². The summed E-state index contributed by atoms with van der Waals surface area (Å²) in [6.07, 6.45) is 0.139. The molecule has 0 saturated heterocycles. The van der Waals surface area contributed by atoms with Gasteiger partial charge in [0.15, 0.2) is 11.5 Å². The molecule has 1 heterocycles. The molecule has 0 aliphatic carbocycles. The van der Waals surface area contributed by atoms with E-state index in [1.165, 1.54) is 0 Å². The Kier molecular flexibility index (Phi) is 6.31. The molecule has 0 radical (unpaired) electrons. The van der Waals surface area contributed by atoms with Crippen LogP contribution in [0.2, 0.25) is 0 Å². The highest BCUT2D eigenvalue weighted by Crippen LogP contribution is 2.38. The second-order valence-electron chi connectivity index (χ2n) is 7.31. The first kappa shape index (κ1) is 21.3. The number of para-hydroxylation sites is 1. The molecule has 1 N–H and O–H groups in total. The highest BCUT2D eigenvalue weighted by molar-refractivity contribution is 5.81. The first-order valence-corrected chi connectivity index (χ1v) is 10.2. The molecule has 4 rings (SSSR count). The lowest BCUT2D eigenvalue weighted by Crippen LogP contribution is -2.30. The van der Waals surface area contributed by atoms with Gasteiger partial charge in [0.25, 0.3) is 0 Å². The zero-order valence-electron chi connectivity index (χ0n) is 18.3. The Morgan fingerprint density at radius 2 is 1.53 bits per heavy atom. The van der Waals surface area contributed by atoms with Crippen LogP contribution in [0, 0.1) is 0 Å². The molecule has 3 aromatic carbocycles. The smallest absolute Gasteiger partial charge is 0.225 e. The van der Waals surface area contributed by atoms with Crippen molar-refractivity contribution in [1.29, 1.82) is 0 Å². The second-order valence-corrected chi connectivity index (χ2v) is 7.31. The van der Waals surface area contributed by atoms with E-state index in [9.17, 15) is 4.79 Å². The molecule has 6 nitrogen and oxygen atoms in total. The average molecular weight is 431 g/mol. The number of methoxy groups -OCH3 is 3. The van der Waals surface area contributed by atoms with Gasteiger partial charge in [-0.25, -0.2) is 0 Å². The summed E-state index contributed by atoms with van der Waals surface area (Å²) in [6, 6.07) is 22.7. The number of benzene rings is 3. The predicted octanol–water partition coefficient (Wildman–Crippen LogP) is 4.91. The maximum Gasteiger partial charge on any atom is 0.225 e. The number of hydrogen-bond acceptors (Lipinski definition) is 5. The van der Waals surface area contributed by atoms with Gasteiger partial charge in [-0.05, 0) is 35.4 Å². The van der Waals surface area contributed by atoms with E-state index < -0.39 is 6.04 Å². The first-order chi connectivity index (χ1) is 15.6. The largest absolute Gasteiger partial charge is 0.493 e. The van der Waals surface area contributed by atoms with E-state index in [-0.39, 0.29) is 12.3 Å². The molecule has 0 fully saturated rings. The van der Waals surface area contributed by atoms with Crippen molar-refractivity contribution >= 4 is 16.9 Å². The molecule has 0 aliphatic heterocycles.